The second-order valence-electron chi connectivity index (χ2n) is 6.24. The highest BCUT2D eigenvalue weighted by molar-refractivity contribution is 7.86. The van der Waals surface area contributed by atoms with Gasteiger partial charge in [-0.15, -0.1) is 0 Å². The first-order chi connectivity index (χ1) is 10.9. The van der Waals surface area contributed by atoms with Crippen molar-refractivity contribution in [2.75, 3.05) is 0 Å². The van der Waals surface area contributed by atoms with E-state index in [4.69, 9.17) is 0 Å². The third-order valence-corrected chi connectivity index (χ3v) is 5.62. The minimum absolute atomic E-state index is 0.00407. The fourth-order valence-electron chi connectivity index (χ4n) is 3.51. The van der Waals surface area contributed by atoms with E-state index in [2.05, 4.69) is 0 Å². The molecular formula is C18H20O4S. The molecule has 122 valence electrons. The fraction of sp³-hybridized carbons (Fsp3) is 0.389. The second kappa shape index (κ2) is 6.06. The van der Waals surface area contributed by atoms with E-state index in [0.29, 0.717) is 16.7 Å². The lowest BCUT2D eigenvalue weighted by Crippen LogP contribution is -2.13. The molecule has 2 unspecified atom stereocenters. The summed E-state index contributed by atoms with van der Waals surface area (Å²) in [5.41, 5.74) is 1.59. The molecule has 0 radical (unpaired) electrons. The van der Waals surface area contributed by atoms with Crippen molar-refractivity contribution in [1.82, 2.24) is 0 Å². The van der Waals surface area contributed by atoms with E-state index >= 15 is 0 Å². The number of allylic oxidation sites excluding steroid dienone is 4. The van der Waals surface area contributed by atoms with E-state index in [9.17, 15) is 17.8 Å². The van der Waals surface area contributed by atoms with E-state index in [-0.39, 0.29) is 22.5 Å². The Morgan fingerprint density at radius 1 is 1.04 bits per heavy atom. The summed E-state index contributed by atoms with van der Waals surface area (Å²) in [6.07, 6.45) is 11.3. The van der Waals surface area contributed by atoms with Crippen molar-refractivity contribution in [3.63, 3.8) is 0 Å². The second-order valence-corrected chi connectivity index (χ2v) is 7.60. The molecule has 1 N–H and O–H groups in total. The molecule has 0 fully saturated rings. The van der Waals surface area contributed by atoms with Gasteiger partial charge in [0, 0.05) is 17.4 Å². The van der Waals surface area contributed by atoms with Crippen LogP contribution in [0.2, 0.25) is 0 Å². The fourth-order valence-corrected chi connectivity index (χ4v) is 4.53. The number of hydrogen-bond donors (Lipinski definition) is 1. The van der Waals surface area contributed by atoms with Gasteiger partial charge >= 0.3 is 0 Å². The molecule has 5 heteroatoms. The molecule has 23 heavy (non-hydrogen) atoms. The molecule has 0 aromatic heterocycles. The van der Waals surface area contributed by atoms with Gasteiger partial charge in [-0.2, -0.15) is 8.42 Å². The highest BCUT2D eigenvalue weighted by atomic mass is 32.2. The average molecular weight is 332 g/mol. The van der Waals surface area contributed by atoms with E-state index in [1.165, 1.54) is 6.92 Å². The number of rotatable bonds is 4. The summed E-state index contributed by atoms with van der Waals surface area (Å²) in [5, 5.41) is 0. The number of benzene rings is 1. The van der Waals surface area contributed by atoms with Gasteiger partial charge in [-0.3, -0.25) is 9.35 Å². The van der Waals surface area contributed by atoms with Crippen LogP contribution in [0, 0.1) is 0 Å². The summed E-state index contributed by atoms with van der Waals surface area (Å²) in [6.45, 7) is 1.48. The number of hydrogen-bond acceptors (Lipinski definition) is 3. The van der Waals surface area contributed by atoms with Crippen LogP contribution < -0.4 is 0 Å². The Morgan fingerprint density at radius 2 is 1.52 bits per heavy atom. The molecule has 3 rings (SSSR count). The molecule has 2 atom stereocenters. The zero-order valence-electron chi connectivity index (χ0n) is 13.0. The van der Waals surface area contributed by atoms with Crippen LogP contribution in [0.5, 0.6) is 0 Å². The van der Waals surface area contributed by atoms with Gasteiger partial charge in [0.2, 0.25) is 0 Å². The van der Waals surface area contributed by atoms with Crippen LogP contribution in [0.15, 0.2) is 41.3 Å². The summed E-state index contributed by atoms with van der Waals surface area (Å²) in [4.78, 5) is 11.9. The first-order valence-corrected chi connectivity index (χ1v) is 9.31. The third kappa shape index (κ3) is 3.16. The van der Waals surface area contributed by atoms with Crippen LogP contribution in [0.25, 0.3) is 0 Å². The Labute approximate surface area is 136 Å². The van der Waals surface area contributed by atoms with E-state index in [1.807, 2.05) is 24.3 Å². The molecule has 1 aromatic carbocycles. The normalized spacial score (nSPS) is 23.6. The monoisotopic (exact) mass is 332 g/mol. The molecule has 0 heterocycles. The van der Waals surface area contributed by atoms with Crippen LogP contribution in [-0.2, 0) is 10.1 Å². The lowest BCUT2D eigenvalue weighted by atomic mass is 9.88. The number of carbonyl (C=O) groups excluding carboxylic acids is 1. The largest absolute Gasteiger partial charge is 0.295 e. The van der Waals surface area contributed by atoms with Crippen molar-refractivity contribution in [2.45, 2.75) is 49.3 Å². The summed E-state index contributed by atoms with van der Waals surface area (Å²) < 4.78 is 34.0. The summed E-state index contributed by atoms with van der Waals surface area (Å²) in [7, 11) is -4.36. The van der Waals surface area contributed by atoms with E-state index < -0.39 is 10.1 Å². The van der Waals surface area contributed by atoms with Crippen LogP contribution in [0.1, 0.15) is 65.9 Å². The molecule has 0 spiro atoms. The molecule has 2 aliphatic rings. The summed E-state index contributed by atoms with van der Waals surface area (Å²) in [5.74, 6) is -0.246. The van der Waals surface area contributed by atoms with Crippen molar-refractivity contribution in [2.24, 2.45) is 0 Å². The van der Waals surface area contributed by atoms with Gasteiger partial charge in [-0.05, 0) is 55.9 Å². The van der Waals surface area contributed by atoms with Crippen molar-refractivity contribution in [3.05, 3.63) is 53.1 Å². The lowest BCUT2D eigenvalue weighted by molar-refractivity contribution is 0.101. The van der Waals surface area contributed by atoms with E-state index in [1.54, 1.807) is 12.1 Å². The smallest absolute Gasteiger partial charge is 0.295 e. The maximum atomic E-state index is 12.1. The molecule has 2 aliphatic carbocycles. The molecule has 4 nitrogen and oxygen atoms in total. The van der Waals surface area contributed by atoms with Crippen LogP contribution in [0.3, 0.4) is 0 Å². The first-order valence-electron chi connectivity index (χ1n) is 7.87. The Balaban J connectivity index is 2.29. The Morgan fingerprint density at radius 3 is 1.83 bits per heavy atom. The Hall–Kier alpha value is -1.72. The number of ketones is 1. The minimum atomic E-state index is -4.36. The maximum Gasteiger partial charge on any atom is 0.295 e. The zero-order valence-corrected chi connectivity index (χ0v) is 13.8. The molecule has 1 aromatic rings. The van der Waals surface area contributed by atoms with E-state index in [0.717, 1.165) is 25.7 Å². The van der Waals surface area contributed by atoms with Gasteiger partial charge < -0.3 is 0 Å². The van der Waals surface area contributed by atoms with Crippen LogP contribution in [0.4, 0.5) is 0 Å². The summed E-state index contributed by atoms with van der Waals surface area (Å²) >= 11 is 0. The van der Waals surface area contributed by atoms with Gasteiger partial charge in [0.15, 0.2) is 5.78 Å². The highest BCUT2D eigenvalue weighted by Gasteiger charge is 2.30. The first kappa shape index (κ1) is 16.1. The van der Waals surface area contributed by atoms with Gasteiger partial charge in [0.25, 0.3) is 10.1 Å². The maximum absolute atomic E-state index is 12.1. The molecule has 0 aliphatic heterocycles. The molecule has 0 bridgehead atoms. The van der Waals surface area contributed by atoms with Crippen molar-refractivity contribution >= 4 is 15.9 Å². The third-order valence-electron chi connectivity index (χ3n) is 4.64. The predicted molar refractivity (Wildman–Crippen MR) is 88.5 cm³/mol. The minimum Gasteiger partial charge on any atom is -0.295 e. The SMILES string of the molecule is CC(=O)c1cc(C2C=CCC2)c(S(=O)(=O)O)c(C2C=CCC2)c1. The molecular weight excluding hydrogens is 312 g/mol. The lowest BCUT2D eigenvalue weighted by Gasteiger charge is -2.20. The molecule has 0 saturated heterocycles. The van der Waals surface area contributed by atoms with Crippen LogP contribution in [-0.4, -0.2) is 18.8 Å². The van der Waals surface area contributed by atoms with Crippen LogP contribution >= 0.6 is 0 Å². The van der Waals surface area contributed by atoms with Crippen molar-refractivity contribution in [1.29, 1.82) is 0 Å². The highest BCUT2D eigenvalue weighted by Crippen LogP contribution is 2.40. The number of Topliss-reactive ketones (excluding diaryl/α,β-unsaturated/α-hetero) is 1. The molecule has 0 amide bonds. The van der Waals surface area contributed by atoms with Gasteiger partial charge in [0.1, 0.15) is 4.90 Å². The standard InChI is InChI=1S/C18H20O4S/c1-12(19)15-10-16(13-6-2-3-7-13)18(23(20,21)22)17(11-15)14-8-4-5-9-14/h2,4,6,8,10-11,13-14H,3,5,7,9H2,1H3,(H,20,21,22). The Bertz CT molecular complexity index is 759. The van der Waals surface area contributed by atoms with Crippen molar-refractivity contribution < 1.29 is 17.8 Å². The summed E-state index contributed by atoms with van der Waals surface area (Å²) in [6, 6.07) is 3.27. The predicted octanol–water partition coefficient (Wildman–Crippen LogP) is 4.00. The average Bonchev–Trinajstić information content (AvgIpc) is 3.18. The topological polar surface area (TPSA) is 71.4 Å². The molecule has 0 saturated carbocycles. The van der Waals surface area contributed by atoms with Gasteiger partial charge in [0.05, 0.1) is 0 Å². The van der Waals surface area contributed by atoms with Gasteiger partial charge in [-0.25, -0.2) is 0 Å². The quantitative estimate of drug-likeness (QED) is 0.514. The Kier molecular flexibility index (Phi) is 4.25. The zero-order chi connectivity index (χ0) is 16.6. The van der Waals surface area contributed by atoms with Gasteiger partial charge in [-0.1, -0.05) is 24.3 Å². The van der Waals surface area contributed by atoms with Crippen molar-refractivity contribution in [3.8, 4) is 0 Å². The number of carbonyl (C=O) groups is 1.